The molecule has 2 aromatic heterocycles. The molecule has 2 aromatic rings. The lowest BCUT2D eigenvalue weighted by molar-refractivity contribution is -0.126. The minimum atomic E-state index is -0.610. The number of carbonyl (C=O) groups excluding carboxylic acids is 1. The van der Waals surface area contributed by atoms with Gasteiger partial charge in [-0.3, -0.25) is 19.5 Å². The minimum Gasteiger partial charge on any atom is -0.357 e. The first-order valence-electron chi connectivity index (χ1n) is 8.24. The van der Waals surface area contributed by atoms with Crippen LogP contribution < -0.4 is 10.6 Å². The van der Waals surface area contributed by atoms with Gasteiger partial charge in [-0.05, 0) is 25.8 Å². The average molecular weight is 331 g/mol. The van der Waals surface area contributed by atoms with Gasteiger partial charge in [0, 0.05) is 51.7 Å². The molecule has 0 atom stereocenters. The van der Waals surface area contributed by atoms with Crippen molar-refractivity contribution in [1.82, 2.24) is 30.2 Å². The molecule has 3 N–H and O–H groups in total. The molecular formula is C16H25N7O. The number of likely N-dealkylation sites (N-methyl/N-ethyl adjacent to an activating group) is 1. The lowest BCUT2D eigenvalue weighted by Gasteiger charge is -2.40. The van der Waals surface area contributed by atoms with Crippen LogP contribution in [-0.4, -0.2) is 56.5 Å². The number of rotatable bonds is 5. The van der Waals surface area contributed by atoms with Gasteiger partial charge in [-0.15, -0.1) is 0 Å². The first kappa shape index (κ1) is 16.5. The van der Waals surface area contributed by atoms with Gasteiger partial charge in [-0.2, -0.15) is 10.2 Å². The van der Waals surface area contributed by atoms with Crippen LogP contribution in [0.1, 0.15) is 24.2 Å². The third-order valence-electron chi connectivity index (χ3n) is 4.60. The molecule has 3 heterocycles. The van der Waals surface area contributed by atoms with Crippen LogP contribution in [0.4, 0.5) is 5.82 Å². The molecule has 130 valence electrons. The molecule has 0 saturated carbocycles. The molecule has 1 saturated heterocycles. The number of anilines is 1. The molecule has 0 aromatic carbocycles. The van der Waals surface area contributed by atoms with E-state index in [1.165, 1.54) is 0 Å². The van der Waals surface area contributed by atoms with Crippen LogP contribution in [-0.2, 0) is 18.4 Å². The van der Waals surface area contributed by atoms with Crippen LogP contribution >= 0.6 is 0 Å². The Morgan fingerprint density at radius 3 is 2.71 bits per heavy atom. The van der Waals surface area contributed by atoms with Gasteiger partial charge in [-0.25, -0.2) is 0 Å². The first-order chi connectivity index (χ1) is 11.5. The third-order valence-corrected chi connectivity index (χ3v) is 4.60. The summed E-state index contributed by atoms with van der Waals surface area (Å²) >= 11 is 0. The van der Waals surface area contributed by atoms with E-state index in [0.29, 0.717) is 0 Å². The van der Waals surface area contributed by atoms with Crippen molar-refractivity contribution in [2.75, 3.05) is 25.5 Å². The molecule has 0 unspecified atom stereocenters. The summed E-state index contributed by atoms with van der Waals surface area (Å²) in [6.45, 7) is 4.47. The summed E-state index contributed by atoms with van der Waals surface area (Å²) in [4.78, 5) is 14.9. The predicted molar refractivity (Wildman–Crippen MR) is 91.5 cm³/mol. The molecule has 1 amide bonds. The fraction of sp³-hybridized carbons (Fsp3) is 0.562. The molecule has 1 aliphatic heterocycles. The number of piperidine rings is 1. The van der Waals surface area contributed by atoms with Crippen LogP contribution in [0.15, 0.2) is 18.3 Å². The number of nitrogens with one attached hydrogen (secondary N) is 3. The lowest BCUT2D eigenvalue weighted by atomic mass is 9.86. The maximum absolute atomic E-state index is 12.5. The van der Waals surface area contributed by atoms with Crippen molar-refractivity contribution in [2.45, 2.75) is 31.8 Å². The second kappa shape index (κ2) is 6.64. The zero-order valence-corrected chi connectivity index (χ0v) is 14.5. The normalized spacial score (nSPS) is 17.6. The highest BCUT2D eigenvalue weighted by Gasteiger charge is 2.41. The zero-order chi connectivity index (χ0) is 17.2. The highest BCUT2D eigenvalue weighted by Crippen LogP contribution is 2.27. The molecule has 0 radical (unpaired) electrons. The molecule has 8 nitrogen and oxygen atoms in total. The quantitative estimate of drug-likeness (QED) is 0.748. The van der Waals surface area contributed by atoms with Crippen molar-refractivity contribution in [3.8, 4) is 0 Å². The van der Waals surface area contributed by atoms with Gasteiger partial charge < -0.3 is 10.6 Å². The molecule has 1 aliphatic rings. The van der Waals surface area contributed by atoms with Crippen LogP contribution in [0.5, 0.6) is 0 Å². The molecule has 0 aliphatic carbocycles. The van der Waals surface area contributed by atoms with Crippen molar-refractivity contribution in [3.05, 3.63) is 29.7 Å². The van der Waals surface area contributed by atoms with Crippen LogP contribution in [0.3, 0.4) is 0 Å². The molecule has 1 fully saturated rings. The van der Waals surface area contributed by atoms with E-state index in [1.54, 1.807) is 11.7 Å². The number of hydrogen-bond donors (Lipinski definition) is 3. The Hall–Kier alpha value is -2.35. The highest BCUT2D eigenvalue weighted by atomic mass is 16.2. The largest absolute Gasteiger partial charge is 0.357 e. The number of carbonyl (C=O) groups is 1. The Labute approximate surface area is 141 Å². The SMILES string of the molecule is CNC(=O)C1(Nc2ccn(C)n2)CCN(Cc2cc(C)[nH]n2)CC1. The summed E-state index contributed by atoms with van der Waals surface area (Å²) in [5, 5.41) is 17.8. The number of H-pyrrole nitrogens is 1. The molecule has 3 rings (SSSR count). The Kier molecular flexibility index (Phi) is 4.57. The van der Waals surface area contributed by atoms with Gasteiger partial charge in [0.25, 0.3) is 0 Å². The van der Waals surface area contributed by atoms with Gasteiger partial charge in [0.05, 0.1) is 5.69 Å². The molecule has 8 heteroatoms. The van der Waals surface area contributed by atoms with Crippen LogP contribution in [0.25, 0.3) is 0 Å². The second-order valence-electron chi connectivity index (χ2n) is 6.48. The monoisotopic (exact) mass is 331 g/mol. The van der Waals surface area contributed by atoms with Crippen molar-refractivity contribution in [3.63, 3.8) is 0 Å². The van der Waals surface area contributed by atoms with Gasteiger partial charge in [0.2, 0.25) is 5.91 Å². The number of aromatic amines is 1. The Balaban J connectivity index is 1.67. The summed E-state index contributed by atoms with van der Waals surface area (Å²) in [7, 11) is 3.55. The van der Waals surface area contributed by atoms with Crippen molar-refractivity contribution < 1.29 is 4.79 Å². The predicted octanol–water partition coefficient (Wildman–Crippen LogP) is 0.644. The minimum absolute atomic E-state index is 0.0171. The van der Waals surface area contributed by atoms with Crippen molar-refractivity contribution >= 4 is 11.7 Å². The smallest absolute Gasteiger partial charge is 0.245 e. The fourth-order valence-electron chi connectivity index (χ4n) is 3.25. The van der Waals surface area contributed by atoms with E-state index in [4.69, 9.17) is 0 Å². The summed E-state index contributed by atoms with van der Waals surface area (Å²) < 4.78 is 1.73. The fourth-order valence-corrected chi connectivity index (χ4v) is 3.25. The number of nitrogens with zero attached hydrogens (tertiary/aromatic N) is 4. The maximum Gasteiger partial charge on any atom is 0.245 e. The summed E-state index contributed by atoms with van der Waals surface area (Å²) in [6.07, 6.45) is 3.33. The number of aromatic nitrogens is 4. The first-order valence-corrected chi connectivity index (χ1v) is 8.24. The summed E-state index contributed by atoms with van der Waals surface area (Å²) in [5.74, 6) is 0.751. The van der Waals surface area contributed by atoms with E-state index in [0.717, 1.165) is 49.7 Å². The van der Waals surface area contributed by atoms with E-state index in [-0.39, 0.29) is 5.91 Å². The second-order valence-corrected chi connectivity index (χ2v) is 6.48. The standard InChI is InChI=1S/C16H25N7O/c1-12-10-13(20-19-12)11-23-8-5-16(6-9-23,15(24)17-2)18-14-4-7-22(3)21-14/h4,7,10H,5-6,8-9,11H2,1-3H3,(H,17,24)(H,18,21)(H,19,20). The summed E-state index contributed by atoms with van der Waals surface area (Å²) in [5.41, 5.74) is 1.50. The Morgan fingerprint density at radius 2 is 2.17 bits per heavy atom. The molecule has 0 spiro atoms. The summed E-state index contributed by atoms with van der Waals surface area (Å²) in [6, 6.07) is 3.95. The number of likely N-dealkylation sites (tertiary alicyclic amines) is 1. The van der Waals surface area contributed by atoms with Crippen LogP contribution in [0.2, 0.25) is 0 Å². The van der Waals surface area contributed by atoms with Crippen molar-refractivity contribution in [1.29, 1.82) is 0 Å². The van der Waals surface area contributed by atoms with Gasteiger partial charge in [0.15, 0.2) is 0 Å². The lowest BCUT2D eigenvalue weighted by Crippen LogP contribution is -2.57. The topological polar surface area (TPSA) is 90.9 Å². The van der Waals surface area contributed by atoms with Crippen LogP contribution in [0, 0.1) is 6.92 Å². The van der Waals surface area contributed by atoms with Gasteiger partial charge in [0.1, 0.15) is 11.4 Å². The molecule has 24 heavy (non-hydrogen) atoms. The Bertz CT molecular complexity index is 697. The highest BCUT2D eigenvalue weighted by molar-refractivity contribution is 5.89. The number of hydrogen-bond acceptors (Lipinski definition) is 5. The average Bonchev–Trinajstić information content (AvgIpc) is 3.17. The molecule has 0 bridgehead atoms. The van der Waals surface area contributed by atoms with E-state index < -0.39 is 5.54 Å². The Morgan fingerprint density at radius 1 is 1.42 bits per heavy atom. The zero-order valence-electron chi connectivity index (χ0n) is 14.5. The maximum atomic E-state index is 12.5. The van der Waals surface area contributed by atoms with Gasteiger partial charge in [-0.1, -0.05) is 0 Å². The van der Waals surface area contributed by atoms with Gasteiger partial charge >= 0.3 is 0 Å². The van der Waals surface area contributed by atoms with E-state index in [9.17, 15) is 4.79 Å². The molecular weight excluding hydrogens is 306 g/mol. The van der Waals surface area contributed by atoms with E-state index >= 15 is 0 Å². The number of aryl methyl sites for hydroxylation is 2. The van der Waals surface area contributed by atoms with Crippen molar-refractivity contribution in [2.24, 2.45) is 7.05 Å². The van der Waals surface area contributed by atoms with E-state index in [1.807, 2.05) is 26.2 Å². The third kappa shape index (κ3) is 3.43. The van der Waals surface area contributed by atoms with E-state index in [2.05, 4.69) is 36.9 Å². The number of amides is 1.